The van der Waals surface area contributed by atoms with Crippen LogP contribution in [0.4, 0.5) is 10.5 Å². The zero-order chi connectivity index (χ0) is 21.6. The normalized spacial score (nSPS) is 10.9. The lowest BCUT2D eigenvalue weighted by atomic mass is 9.98. The Morgan fingerprint density at radius 1 is 1.03 bits per heavy atom. The van der Waals surface area contributed by atoms with Crippen molar-refractivity contribution in [2.24, 2.45) is 0 Å². The first-order valence-corrected chi connectivity index (χ1v) is 9.22. The molecule has 0 aliphatic heterocycles. The van der Waals surface area contributed by atoms with E-state index in [1.165, 1.54) is 12.1 Å². The van der Waals surface area contributed by atoms with Crippen LogP contribution in [0.15, 0.2) is 42.5 Å². The van der Waals surface area contributed by atoms with E-state index in [2.05, 4.69) is 5.32 Å². The maximum atomic E-state index is 12.1. The molecule has 0 saturated carbocycles. The van der Waals surface area contributed by atoms with Crippen molar-refractivity contribution in [1.29, 1.82) is 0 Å². The van der Waals surface area contributed by atoms with E-state index >= 15 is 0 Å². The van der Waals surface area contributed by atoms with Crippen LogP contribution in [0.25, 0.3) is 0 Å². The predicted molar refractivity (Wildman–Crippen MR) is 108 cm³/mol. The van der Waals surface area contributed by atoms with Gasteiger partial charge in [0.2, 0.25) is 0 Å². The second-order valence-electron chi connectivity index (χ2n) is 7.37. The maximum absolute atomic E-state index is 12.1. The van der Waals surface area contributed by atoms with Crippen LogP contribution in [0.2, 0.25) is 0 Å². The fraction of sp³-hybridized carbons (Fsp3) is 0.318. The highest BCUT2D eigenvalue weighted by atomic mass is 16.6. The van der Waals surface area contributed by atoms with Crippen molar-refractivity contribution in [2.75, 3.05) is 11.9 Å². The van der Waals surface area contributed by atoms with E-state index in [4.69, 9.17) is 9.47 Å². The van der Waals surface area contributed by atoms with Gasteiger partial charge in [-0.1, -0.05) is 24.3 Å². The molecule has 1 amide bonds. The summed E-state index contributed by atoms with van der Waals surface area (Å²) in [6.07, 6.45) is -0.219. The highest BCUT2D eigenvalue weighted by Crippen LogP contribution is 2.22. The molecule has 0 aliphatic carbocycles. The Bertz CT molecular complexity index is 914. The summed E-state index contributed by atoms with van der Waals surface area (Å²) < 4.78 is 10.2. The molecule has 0 saturated heterocycles. The summed E-state index contributed by atoms with van der Waals surface area (Å²) in [4.78, 5) is 35.7. The van der Waals surface area contributed by atoms with E-state index in [9.17, 15) is 19.5 Å². The lowest BCUT2D eigenvalue weighted by Crippen LogP contribution is -2.27. The van der Waals surface area contributed by atoms with Crippen LogP contribution < -0.4 is 5.32 Å². The first-order chi connectivity index (χ1) is 13.6. The van der Waals surface area contributed by atoms with Gasteiger partial charge in [-0.15, -0.1) is 0 Å². The molecular formula is C22H25NO6. The number of ether oxygens (including phenoxy) is 2. The van der Waals surface area contributed by atoms with E-state index in [0.29, 0.717) is 17.7 Å². The minimum absolute atomic E-state index is 0.00302. The number of hydrogen-bond acceptors (Lipinski definition) is 5. The Balaban J connectivity index is 2.28. The largest absolute Gasteiger partial charge is 0.478 e. The Labute approximate surface area is 169 Å². The van der Waals surface area contributed by atoms with Crippen molar-refractivity contribution in [2.45, 2.75) is 39.7 Å². The average Bonchev–Trinajstić information content (AvgIpc) is 2.62. The number of rotatable bonds is 6. The highest BCUT2D eigenvalue weighted by Gasteiger charge is 2.20. The molecule has 0 aromatic heterocycles. The van der Waals surface area contributed by atoms with Gasteiger partial charge in [0, 0.05) is 5.69 Å². The van der Waals surface area contributed by atoms with Crippen molar-refractivity contribution in [3.8, 4) is 0 Å². The zero-order valence-corrected chi connectivity index (χ0v) is 16.9. The van der Waals surface area contributed by atoms with Crippen molar-refractivity contribution in [1.82, 2.24) is 0 Å². The molecule has 29 heavy (non-hydrogen) atoms. The number of carboxylic acids is 1. The van der Waals surface area contributed by atoms with Gasteiger partial charge in [-0.3, -0.25) is 5.32 Å². The second kappa shape index (κ2) is 9.23. The molecule has 7 nitrogen and oxygen atoms in total. The predicted octanol–water partition coefficient (Wildman–Crippen LogP) is 4.50. The zero-order valence-electron chi connectivity index (χ0n) is 16.9. The van der Waals surface area contributed by atoms with E-state index < -0.39 is 23.6 Å². The fourth-order valence-electron chi connectivity index (χ4n) is 2.70. The van der Waals surface area contributed by atoms with Crippen LogP contribution in [-0.2, 0) is 15.9 Å². The molecule has 2 aromatic rings. The molecule has 2 rings (SSSR count). The topological polar surface area (TPSA) is 102 Å². The van der Waals surface area contributed by atoms with Crippen LogP contribution in [0.5, 0.6) is 0 Å². The summed E-state index contributed by atoms with van der Waals surface area (Å²) in [6, 6.07) is 11.7. The third kappa shape index (κ3) is 6.34. The van der Waals surface area contributed by atoms with Gasteiger partial charge in [0.25, 0.3) is 0 Å². The van der Waals surface area contributed by atoms with Gasteiger partial charge in [-0.05, 0) is 63.4 Å². The molecule has 7 heteroatoms. The summed E-state index contributed by atoms with van der Waals surface area (Å²) in [7, 11) is 0. The number of para-hydroxylation sites is 1. The standard InChI is InChI=1S/C22H25NO6/c1-5-28-20(26)16-11-10-14(13-17(16)19(24)25)12-15-8-6-7-9-18(15)23-21(27)29-22(2,3)4/h6-11,13H,5,12H2,1-4H3,(H,23,27)(H,24,25). The highest BCUT2D eigenvalue weighted by molar-refractivity contribution is 6.02. The molecule has 0 atom stereocenters. The quantitative estimate of drug-likeness (QED) is 0.694. The first kappa shape index (κ1) is 21.9. The molecule has 154 valence electrons. The summed E-state index contributed by atoms with van der Waals surface area (Å²) >= 11 is 0. The lowest BCUT2D eigenvalue weighted by molar-refractivity contribution is 0.0514. The van der Waals surface area contributed by atoms with Crippen molar-refractivity contribution < 1.29 is 29.0 Å². The van der Waals surface area contributed by atoms with Gasteiger partial charge in [0.1, 0.15) is 5.60 Å². The molecule has 0 unspecified atom stereocenters. The molecule has 0 aliphatic rings. The van der Waals surface area contributed by atoms with Gasteiger partial charge in [-0.25, -0.2) is 14.4 Å². The van der Waals surface area contributed by atoms with Crippen LogP contribution in [0.1, 0.15) is 59.5 Å². The molecule has 0 heterocycles. The molecule has 0 spiro atoms. The number of esters is 1. The van der Waals surface area contributed by atoms with Gasteiger partial charge in [-0.2, -0.15) is 0 Å². The lowest BCUT2D eigenvalue weighted by Gasteiger charge is -2.20. The number of amides is 1. The third-order valence-corrected chi connectivity index (χ3v) is 3.86. The van der Waals surface area contributed by atoms with E-state index in [-0.39, 0.29) is 17.7 Å². The van der Waals surface area contributed by atoms with Gasteiger partial charge >= 0.3 is 18.0 Å². The molecule has 2 aromatic carbocycles. The van der Waals surface area contributed by atoms with E-state index in [0.717, 1.165) is 5.56 Å². The SMILES string of the molecule is CCOC(=O)c1ccc(Cc2ccccc2NC(=O)OC(C)(C)C)cc1C(=O)O. The van der Waals surface area contributed by atoms with Crippen LogP contribution >= 0.6 is 0 Å². The maximum Gasteiger partial charge on any atom is 0.412 e. The summed E-state index contributed by atoms with van der Waals surface area (Å²) in [5.74, 6) is -1.89. The fourth-order valence-corrected chi connectivity index (χ4v) is 2.70. The number of carbonyl (C=O) groups excluding carboxylic acids is 2. The minimum atomic E-state index is -1.21. The van der Waals surface area contributed by atoms with E-state index in [1.807, 2.05) is 12.1 Å². The van der Waals surface area contributed by atoms with Gasteiger partial charge in [0.05, 0.1) is 17.7 Å². The minimum Gasteiger partial charge on any atom is -0.478 e. The molecule has 0 radical (unpaired) electrons. The summed E-state index contributed by atoms with van der Waals surface area (Å²) in [5, 5.41) is 12.2. The monoisotopic (exact) mass is 399 g/mol. The molecule has 2 N–H and O–H groups in total. The number of carbonyl (C=O) groups is 3. The Kier molecular flexibility index (Phi) is 6.98. The number of aromatic carboxylic acids is 1. The van der Waals surface area contributed by atoms with Crippen molar-refractivity contribution in [3.05, 3.63) is 64.7 Å². The van der Waals surface area contributed by atoms with Crippen molar-refractivity contribution >= 4 is 23.7 Å². The Morgan fingerprint density at radius 3 is 2.34 bits per heavy atom. The second-order valence-corrected chi connectivity index (χ2v) is 7.37. The molecular weight excluding hydrogens is 374 g/mol. The van der Waals surface area contributed by atoms with Crippen LogP contribution in [0.3, 0.4) is 0 Å². The average molecular weight is 399 g/mol. The summed E-state index contributed by atoms with van der Waals surface area (Å²) in [6.45, 7) is 7.13. The number of anilines is 1. The number of carboxylic acid groups (broad SMARTS) is 1. The molecule has 0 bridgehead atoms. The van der Waals surface area contributed by atoms with Gasteiger partial charge < -0.3 is 14.6 Å². The van der Waals surface area contributed by atoms with Crippen LogP contribution in [-0.4, -0.2) is 35.3 Å². The number of benzene rings is 2. The number of hydrogen-bond donors (Lipinski definition) is 2. The number of nitrogens with one attached hydrogen (secondary N) is 1. The van der Waals surface area contributed by atoms with Gasteiger partial charge in [0.15, 0.2) is 0 Å². The Morgan fingerprint density at radius 2 is 1.72 bits per heavy atom. The van der Waals surface area contributed by atoms with Crippen LogP contribution in [0, 0.1) is 0 Å². The molecule has 0 fully saturated rings. The van der Waals surface area contributed by atoms with E-state index in [1.54, 1.807) is 45.9 Å². The first-order valence-electron chi connectivity index (χ1n) is 9.22. The van der Waals surface area contributed by atoms with Crippen molar-refractivity contribution in [3.63, 3.8) is 0 Å². The smallest absolute Gasteiger partial charge is 0.412 e. The Hall–Kier alpha value is -3.35. The third-order valence-electron chi connectivity index (χ3n) is 3.86. The summed E-state index contributed by atoms with van der Waals surface area (Å²) in [5.41, 5.74) is 1.26.